The Morgan fingerprint density at radius 3 is 2.31 bits per heavy atom. The van der Waals surface area contributed by atoms with Crippen LogP contribution in [0.15, 0.2) is 23.8 Å². The zero-order valence-electron chi connectivity index (χ0n) is 11.5. The maximum atomic E-state index is 6.00. The van der Waals surface area contributed by atoms with Gasteiger partial charge in [0.2, 0.25) is 0 Å². The second-order valence-corrected chi connectivity index (χ2v) is 4.53. The van der Waals surface area contributed by atoms with E-state index in [4.69, 9.17) is 5.73 Å². The van der Waals surface area contributed by atoms with Crippen LogP contribution in [0.5, 0.6) is 0 Å². The third-order valence-electron chi connectivity index (χ3n) is 3.32. The molecule has 0 aromatic heterocycles. The third kappa shape index (κ3) is 6.84. The van der Waals surface area contributed by atoms with Gasteiger partial charge in [-0.3, -0.25) is 0 Å². The van der Waals surface area contributed by atoms with Gasteiger partial charge in [0.15, 0.2) is 0 Å². The molecule has 0 spiro atoms. The van der Waals surface area contributed by atoms with E-state index in [-0.39, 0.29) is 0 Å². The van der Waals surface area contributed by atoms with Crippen molar-refractivity contribution in [1.29, 1.82) is 0 Å². The molecule has 0 rings (SSSR count). The molecule has 94 valence electrons. The monoisotopic (exact) mass is 223 g/mol. The molecular formula is C15H29N. The first-order valence-electron chi connectivity index (χ1n) is 6.75. The van der Waals surface area contributed by atoms with Crippen LogP contribution >= 0.6 is 0 Å². The Morgan fingerprint density at radius 2 is 1.88 bits per heavy atom. The van der Waals surface area contributed by atoms with Gasteiger partial charge in [-0.05, 0) is 38.5 Å². The van der Waals surface area contributed by atoms with E-state index in [1.165, 1.54) is 18.4 Å². The first-order valence-corrected chi connectivity index (χ1v) is 6.75. The Hall–Kier alpha value is -0.560. The highest BCUT2D eigenvalue weighted by Gasteiger charge is 2.08. The van der Waals surface area contributed by atoms with Crippen LogP contribution in [0, 0.1) is 5.92 Å². The first kappa shape index (κ1) is 15.4. The molecule has 0 aliphatic rings. The summed E-state index contributed by atoms with van der Waals surface area (Å²) in [5.41, 5.74) is 7.42. The lowest BCUT2D eigenvalue weighted by Crippen LogP contribution is -2.22. The molecule has 0 bridgehead atoms. The Bertz CT molecular complexity index is 215. The summed E-state index contributed by atoms with van der Waals surface area (Å²) in [6, 6.07) is 0.380. The highest BCUT2D eigenvalue weighted by Crippen LogP contribution is 2.17. The van der Waals surface area contributed by atoms with Gasteiger partial charge in [-0.25, -0.2) is 0 Å². The van der Waals surface area contributed by atoms with Gasteiger partial charge >= 0.3 is 0 Å². The van der Waals surface area contributed by atoms with Crippen molar-refractivity contribution in [3.63, 3.8) is 0 Å². The molecule has 0 aromatic carbocycles. The highest BCUT2D eigenvalue weighted by atomic mass is 14.6. The quantitative estimate of drug-likeness (QED) is 0.605. The summed E-state index contributed by atoms with van der Waals surface area (Å²) in [7, 11) is 0. The van der Waals surface area contributed by atoms with Crippen molar-refractivity contribution < 1.29 is 0 Å². The second-order valence-electron chi connectivity index (χ2n) is 4.53. The van der Waals surface area contributed by atoms with Gasteiger partial charge in [-0.15, -0.1) is 0 Å². The molecule has 1 nitrogen and oxygen atoms in total. The van der Waals surface area contributed by atoms with Crippen molar-refractivity contribution in [2.45, 2.75) is 65.8 Å². The lowest BCUT2D eigenvalue weighted by atomic mass is 9.93. The molecule has 2 unspecified atom stereocenters. The molecule has 2 N–H and O–H groups in total. The normalized spacial score (nSPS) is 16.7. The summed E-state index contributed by atoms with van der Waals surface area (Å²) >= 11 is 0. The molecule has 0 radical (unpaired) electrons. The molecule has 0 amide bonds. The Labute approximate surface area is 102 Å². The number of allylic oxidation sites excluding steroid dienone is 4. The largest absolute Gasteiger partial charge is 0.328 e. The van der Waals surface area contributed by atoms with Crippen LogP contribution in [0.25, 0.3) is 0 Å². The lowest BCUT2D eigenvalue weighted by molar-refractivity contribution is 0.417. The number of rotatable bonds is 8. The Kier molecular flexibility index (Phi) is 9.31. The van der Waals surface area contributed by atoms with E-state index in [1.54, 1.807) is 0 Å². The van der Waals surface area contributed by atoms with E-state index in [9.17, 15) is 0 Å². The second kappa shape index (κ2) is 9.65. The lowest BCUT2D eigenvalue weighted by Gasteiger charge is -2.16. The van der Waals surface area contributed by atoms with Crippen molar-refractivity contribution in [2.24, 2.45) is 11.7 Å². The summed E-state index contributed by atoms with van der Waals surface area (Å²) in [4.78, 5) is 0. The average Bonchev–Trinajstić information content (AvgIpc) is 2.32. The fourth-order valence-corrected chi connectivity index (χ4v) is 1.85. The fraction of sp³-hybridized carbons (Fsp3) is 0.733. The zero-order chi connectivity index (χ0) is 12.4. The third-order valence-corrected chi connectivity index (χ3v) is 3.32. The minimum Gasteiger partial charge on any atom is -0.328 e. The standard InChI is InChI=1S/C15H29N/c1-5-13(6-2)10-9-11-14(7-3)12-15(16)8-4/h5,9-10,14-15H,6-8,11-12,16H2,1-4H3/b10-9-,13-5-. The van der Waals surface area contributed by atoms with Crippen LogP contribution in [-0.2, 0) is 0 Å². The minimum absolute atomic E-state index is 0.380. The molecule has 0 aliphatic carbocycles. The summed E-state index contributed by atoms with van der Waals surface area (Å²) in [6.45, 7) is 8.73. The van der Waals surface area contributed by atoms with E-state index in [0.29, 0.717) is 6.04 Å². The highest BCUT2D eigenvalue weighted by molar-refractivity contribution is 5.17. The summed E-state index contributed by atoms with van der Waals surface area (Å²) in [5.74, 6) is 0.751. The SMILES string of the molecule is C/C=C(\C=C/CC(CC)CC(N)CC)CC. The first-order chi connectivity index (χ1) is 7.67. The van der Waals surface area contributed by atoms with Crippen molar-refractivity contribution >= 4 is 0 Å². The molecule has 0 saturated heterocycles. The molecule has 1 heteroatoms. The number of hydrogen-bond donors (Lipinski definition) is 1. The molecule has 0 fully saturated rings. The molecule has 0 aliphatic heterocycles. The molecule has 0 heterocycles. The minimum atomic E-state index is 0.380. The molecule has 16 heavy (non-hydrogen) atoms. The molecule has 0 saturated carbocycles. The van der Waals surface area contributed by atoms with Gasteiger partial charge in [0, 0.05) is 6.04 Å². The van der Waals surface area contributed by atoms with Gasteiger partial charge in [0.1, 0.15) is 0 Å². The van der Waals surface area contributed by atoms with E-state index >= 15 is 0 Å². The van der Waals surface area contributed by atoms with Crippen LogP contribution in [0.3, 0.4) is 0 Å². The fourth-order valence-electron chi connectivity index (χ4n) is 1.85. The van der Waals surface area contributed by atoms with Crippen LogP contribution < -0.4 is 5.73 Å². The van der Waals surface area contributed by atoms with Gasteiger partial charge < -0.3 is 5.73 Å². The number of hydrogen-bond acceptors (Lipinski definition) is 1. The zero-order valence-corrected chi connectivity index (χ0v) is 11.5. The number of nitrogens with two attached hydrogens (primary N) is 1. The van der Waals surface area contributed by atoms with Gasteiger partial charge in [0.25, 0.3) is 0 Å². The summed E-state index contributed by atoms with van der Waals surface area (Å²) < 4.78 is 0. The molecular weight excluding hydrogens is 194 g/mol. The maximum Gasteiger partial charge on any atom is 0.00389 e. The van der Waals surface area contributed by atoms with Crippen LogP contribution in [0.2, 0.25) is 0 Å². The smallest absolute Gasteiger partial charge is 0.00389 e. The van der Waals surface area contributed by atoms with E-state index in [2.05, 4.69) is 45.9 Å². The van der Waals surface area contributed by atoms with Gasteiger partial charge in [0.05, 0.1) is 0 Å². The van der Waals surface area contributed by atoms with Crippen molar-refractivity contribution in [3.05, 3.63) is 23.8 Å². The topological polar surface area (TPSA) is 26.0 Å². The van der Waals surface area contributed by atoms with E-state index in [0.717, 1.165) is 25.2 Å². The Balaban J connectivity index is 4.04. The predicted molar refractivity (Wildman–Crippen MR) is 74.5 cm³/mol. The Morgan fingerprint density at radius 1 is 1.19 bits per heavy atom. The average molecular weight is 223 g/mol. The van der Waals surface area contributed by atoms with Crippen LogP contribution in [0.4, 0.5) is 0 Å². The van der Waals surface area contributed by atoms with Crippen molar-refractivity contribution in [1.82, 2.24) is 0 Å². The van der Waals surface area contributed by atoms with Gasteiger partial charge in [-0.1, -0.05) is 51.0 Å². The van der Waals surface area contributed by atoms with Gasteiger partial charge in [-0.2, -0.15) is 0 Å². The van der Waals surface area contributed by atoms with Crippen molar-refractivity contribution in [3.8, 4) is 0 Å². The summed E-state index contributed by atoms with van der Waals surface area (Å²) in [5, 5.41) is 0. The predicted octanol–water partition coefficient (Wildman–Crippen LogP) is 4.44. The van der Waals surface area contributed by atoms with Crippen molar-refractivity contribution in [2.75, 3.05) is 0 Å². The van der Waals surface area contributed by atoms with E-state index in [1.807, 2.05) is 0 Å². The van der Waals surface area contributed by atoms with Crippen LogP contribution in [0.1, 0.15) is 59.8 Å². The van der Waals surface area contributed by atoms with E-state index < -0.39 is 0 Å². The maximum absolute atomic E-state index is 6.00. The molecule has 0 aromatic rings. The molecule has 2 atom stereocenters. The van der Waals surface area contributed by atoms with Crippen LogP contribution in [-0.4, -0.2) is 6.04 Å². The summed E-state index contributed by atoms with van der Waals surface area (Å²) in [6.07, 6.45) is 12.5.